The molecule has 1 aromatic rings. The molecule has 0 saturated heterocycles. The Bertz CT molecular complexity index is 1590. The van der Waals surface area contributed by atoms with Gasteiger partial charge in [0.1, 0.15) is 0 Å². The maximum Gasteiger partial charge on any atom is 0.337 e. The van der Waals surface area contributed by atoms with E-state index in [0.717, 1.165) is 70.8 Å². The second-order valence-corrected chi connectivity index (χ2v) is 19.3. The van der Waals surface area contributed by atoms with Crippen molar-refractivity contribution < 1.29 is 23.9 Å². The third-order valence-corrected chi connectivity index (χ3v) is 16.8. The van der Waals surface area contributed by atoms with E-state index < -0.39 is 0 Å². The molecule has 0 aromatic heterocycles. The van der Waals surface area contributed by atoms with E-state index in [4.69, 9.17) is 9.47 Å². The van der Waals surface area contributed by atoms with Crippen molar-refractivity contribution in [2.75, 3.05) is 20.8 Å². The standard InChI is InChI=1S/C47H69NO5/c1-31(2)34-22-27-47(42(51)48-30-14-12-10-11-13-15-39(49)52-8)29-28-45(6)36(40(34)47)20-21-38-44(5)25-23-35(32-16-18-33(19-17-32)41(50)53-9)43(3,4)37(44)24-26-46(38,45)7/h16-19,23,34,36-38,40H,1,10-15,20-22,24-30H2,2-9H3,(H,48,51)/t34-,36+,37-,38+,40+,44-,45+,46+,47-/m0/s1. The van der Waals surface area contributed by atoms with Gasteiger partial charge in [0.25, 0.3) is 0 Å². The van der Waals surface area contributed by atoms with Crippen LogP contribution in [0.1, 0.15) is 154 Å². The molecular weight excluding hydrogens is 659 g/mol. The molecule has 0 aliphatic heterocycles. The van der Waals surface area contributed by atoms with Gasteiger partial charge in [-0.1, -0.05) is 84.2 Å². The smallest absolute Gasteiger partial charge is 0.337 e. The fraction of sp³-hybridized carbons (Fsp3) is 0.723. The van der Waals surface area contributed by atoms with E-state index in [-0.39, 0.29) is 39.0 Å². The molecule has 5 aliphatic rings. The van der Waals surface area contributed by atoms with Gasteiger partial charge < -0.3 is 14.8 Å². The molecule has 6 nitrogen and oxygen atoms in total. The topological polar surface area (TPSA) is 81.7 Å². The van der Waals surface area contributed by atoms with Crippen LogP contribution in [0.2, 0.25) is 0 Å². The van der Waals surface area contributed by atoms with Crippen molar-refractivity contribution in [2.45, 2.75) is 138 Å². The molecule has 5 aliphatic carbocycles. The number of unbranched alkanes of at least 4 members (excludes halogenated alkanes) is 4. The summed E-state index contributed by atoms with van der Waals surface area (Å²) in [4.78, 5) is 38.0. The number of methoxy groups -OCH3 is 2. The zero-order chi connectivity index (χ0) is 38.4. The van der Waals surface area contributed by atoms with E-state index in [1.807, 2.05) is 12.1 Å². The summed E-state index contributed by atoms with van der Waals surface area (Å²) in [5, 5.41) is 3.48. The lowest BCUT2D eigenvalue weighted by atomic mass is 9.32. The number of fused-ring (bicyclic) bond motifs is 7. The summed E-state index contributed by atoms with van der Waals surface area (Å²) in [6, 6.07) is 8.05. The lowest BCUT2D eigenvalue weighted by molar-refractivity contribution is -0.225. The Morgan fingerprint density at radius 3 is 2.17 bits per heavy atom. The zero-order valence-electron chi connectivity index (χ0n) is 34.3. The van der Waals surface area contributed by atoms with Crippen molar-refractivity contribution in [1.82, 2.24) is 5.32 Å². The first kappa shape index (κ1) is 39.8. The van der Waals surface area contributed by atoms with Gasteiger partial charge in [0.2, 0.25) is 5.91 Å². The van der Waals surface area contributed by atoms with E-state index in [1.54, 1.807) is 0 Å². The molecule has 1 N–H and O–H groups in total. The predicted molar refractivity (Wildman–Crippen MR) is 213 cm³/mol. The van der Waals surface area contributed by atoms with Crippen molar-refractivity contribution in [3.8, 4) is 0 Å². The van der Waals surface area contributed by atoms with Gasteiger partial charge in [-0.2, -0.15) is 0 Å². The number of amides is 1. The highest BCUT2D eigenvalue weighted by molar-refractivity contribution is 5.90. The van der Waals surface area contributed by atoms with Gasteiger partial charge in [0.05, 0.1) is 25.2 Å². The van der Waals surface area contributed by atoms with Crippen LogP contribution in [0.25, 0.3) is 5.57 Å². The van der Waals surface area contributed by atoms with Gasteiger partial charge in [-0.05, 0) is 152 Å². The Labute approximate surface area is 320 Å². The molecule has 292 valence electrons. The Morgan fingerprint density at radius 1 is 0.792 bits per heavy atom. The average Bonchev–Trinajstić information content (AvgIpc) is 3.54. The predicted octanol–water partition coefficient (Wildman–Crippen LogP) is 10.8. The first-order chi connectivity index (χ1) is 25.1. The summed E-state index contributed by atoms with van der Waals surface area (Å²) in [6.07, 6.45) is 18.3. The monoisotopic (exact) mass is 728 g/mol. The van der Waals surface area contributed by atoms with E-state index in [0.29, 0.717) is 47.5 Å². The molecule has 9 atom stereocenters. The summed E-state index contributed by atoms with van der Waals surface area (Å²) in [5.41, 5.74) is 4.83. The summed E-state index contributed by atoms with van der Waals surface area (Å²) >= 11 is 0. The number of benzene rings is 1. The van der Waals surface area contributed by atoms with E-state index >= 15 is 0 Å². The van der Waals surface area contributed by atoms with Crippen LogP contribution in [0, 0.1) is 56.7 Å². The van der Waals surface area contributed by atoms with Crippen LogP contribution in [-0.2, 0) is 19.1 Å². The largest absolute Gasteiger partial charge is 0.469 e. The molecule has 1 aromatic carbocycles. The highest BCUT2D eigenvalue weighted by Gasteiger charge is 2.71. The van der Waals surface area contributed by atoms with Crippen molar-refractivity contribution in [2.24, 2.45) is 56.7 Å². The number of hydrogen-bond acceptors (Lipinski definition) is 5. The third-order valence-electron chi connectivity index (χ3n) is 16.8. The fourth-order valence-corrected chi connectivity index (χ4v) is 13.9. The van der Waals surface area contributed by atoms with Crippen LogP contribution in [0.15, 0.2) is 42.5 Å². The Hall–Kier alpha value is -2.89. The third kappa shape index (κ3) is 6.54. The van der Waals surface area contributed by atoms with Crippen LogP contribution in [0.4, 0.5) is 0 Å². The minimum Gasteiger partial charge on any atom is -0.469 e. The molecule has 6 rings (SSSR count). The minimum absolute atomic E-state index is 0.0121. The van der Waals surface area contributed by atoms with E-state index in [1.165, 1.54) is 56.6 Å². The van der Waals surface area contributed by atoms with Crippen LogP contribution in [0.3, 0.4) is 0 Å². The van der Waals surface area contributed by atoms with Gasteiger partial charge in [-0.25, -0.2) is 4.79 Å². The minimum atomic E-state index is -0.291. The van der Waals surface area contributed by atoms with Gasteiger partial charge >= 0.3 is 11.9 Å². The SMILES string of the molecule is C=C(C)[C@@H]1CC[C@]2(C(=O)NCCCCCCCC(=O)OC)CC[C@]3(C)[C@H](CC[C@@H]4[C@@]5(C)CC=C(c6ccc(C(=O)OC)cc6)C(C)(C)[C@@H]5CC[C@]43C)[C@@H]12. The van der Waals surface area contributed by atoms with Crippen LogP contribution < -0.4 is 5.32 Å². The number of carbonyl (C=O) groups is 3. The number of ether oxygens (including phenoxy) is 2. The highest BCUT2D eigenvalue weighted by Crippen LogP contribution is 2.77. The van der Waals surface area contributed by atoms with Crippen LogP contribution in [-0.4, -0.2) is 38.6 Å². The molecule has 0 heterocycles. The Kier molecular flexibility index (Phi) is 11.2. The Morgan fingerprint density at radius 2 is 1.49 bits per heavy atom. The second kappa shape index (κ2) is 15.0. The summed E-state index contributed by atoms with van der Waals surface area (Å²) in [7, 11) is 2.88. The first-order valence-corrected chi connectivity index (χ1v) is 21.0. The molecule has 0 bridgehead atoms. The van der Waals surface area contributed by atoms with Gasteiger partial charge in [0.15, 0.2) is 0 Å². The molecule has 4 fully saturated rings. The Balaban J connectivity index is 1.20. The fourth-order valence-electron chi connectivity index (χ4n) is 13.9. The van der Waals surface area contributed by atoms with Crippen LogP contribution in [0.5, 0.6) is 0 Å². The van der Waals surface area contributed by atoms with Crippen molar-refractivity contribution in [1.29, 1.82) is 0 Å². The number of carbonyl (C=O) groups excluding carboxylic acids is 3. The number of esters is 2. The molecular formula is C47H69NO5. The van der Waals surface area contributed by atoms with Crippen molar-refractivity contribution in [3.63, 3.8) is 0 Å². The highest BCUT2D eigenvalue weighted by atomic mass is 16.5. The van der Waals surface area contributed by atoms with E-state index in [9.17, 15) is 14.4 Å². The summed E-state index contributed by atoms with van der Waals surface area (Å²) in [6.45, 7) is 20.4. The molecule has 4 saturated carbocycles. The molecule has 53 heavy (non-hydrogen) atoms. The quantitative estimate of drug-likeness (QED) is 0.132. The lowest BCUT2D eigenvalue weighted by Gasteiger charge is -2.72. The zero-order valence-corrected chi connectivity index (χ0v) is 34.3. The van der Waals surface area contributed by atoms with Crippen molar-refractivity contribution in [3.05, 3.63) is 53.6 Å². The molecule has 6 heteroatoms. The molecule has 1 amide bonds. The number of rotatable bonds is 12. The average molecular weight is 728 g/mol. The first-order valence-electron chi connectivity index (χ1n) is 21.0. The van der Waals surface area contributed by atoms with Gasteiger partial charge in [0, 0.05) is 13.0 Å². The van der Waals surface area contributed by atoms with Gasteiger partial charge in [-0.15, -0.1) is 0 Å². The van der Waals surface area contributed by atoms with E-state index in [2.05, 4.69) is 71.6 Å². The molecule has 0 spiro atoms. The maximum absolute atomic E-state index is 14.5. The number of allylic oxidation sites excluding steroid dienone is 3. The molecule has 0 unspecified atom stereocenters. The number of hydrogen-bond donors (Lipinski definition) is 1. The lowest BCUT2D eigenvalue weighted by Crippen LogP contribution is -2.66. The van der Waals surface area contributed by atoms with Gasteiger partial charge in [-0.3, -0.25) is 9.59 Å². The summed E-state index contributed by atoms with van der Waals surface area (Å²) in [5.74, 6) is 2.40. The molecule has 0 radical (unpaired) electrons. The second-order valence-electron chi connectivity index (χ2n) is 19.3. The summed E-state index contributed by atoms with van der Waals surface area (Å²) < 4.78 is 9.73. The number of nitrogens with one attached hydrogen (secondary N) is 1. The van der Waals surface area contributed by atoms with Crippen molar-refractivity contribution >= 4 is 23.4 Å². The normalized spacial score (nSPS) is 36.8. The maximum atomic E-state index is 14.5. The van der Waals surface area contributed by atoms with Crippen LogP contribution >= 0.6 is 0 Å².